The van der Waals surface area contributed by atoms with Crippen molar-refractivity contribution >= 4 is 56.1 Å². The van der Waals surface area contributed by atoms with Crippen molar-refractivity contribution in [2.75, 3.05) is 32.0 Å². The molecular formula is C24H32N8O7S2. The number of carbonyl (C=O) groups is 2. The Bertz CT molecular complexity index is 1440. The molecule has 15 nitrogen and oxygen atoms in total. The largest absolute Gasteiger partial charge is 0.490 e. The van der Waals surface area contributed by atoms with Crippen molar-refractivity contribution in [1.29, 1.82) is 0 Å². The number of oxime groups is 1. The number of thiazole rings is 1. The number of β-lactam (4-membered cyclic amide) rings is 1. The van der Waals surface area contributed by atoms with Crippen LogP contribution in [0.3, 0.4) is 0 Å². The number of aliphatic imine (C=N–C) groups is 1. The highest BCUT2D eigenvalue weighted by atomic mass is 32.2. The van der Waals surface area contributed by atoms with Crippen LogP contribution in [0.2, 0.25) is 0 Å². The predicted octanol–water partition coefficient (Wildman–Crippen LogP) is 0.153. The summed E-state index contributed by atoms with van der Waals surface area (Å²) in [4.78, 5) is 38.9. The summed E-state index contributed by atoms with van der Waals surface area (Å²) in [5.74, 6) is -1.31. The van der Waals surface area contributed by atoms with Gasteiger partial charge in [-0.2, -0.15) is 8.42 Å². The maximum Gasteiger partial charge on any atom is 0.362 e. The smallest absolute Gasteiger partial charge is 0.362 e. The van der Waals surface area contributed by atoms with Gasteiger partial charge in [-0.05, 0) is 44.5 Å². The lowest BCUT2D eigenvalue weighted by molar-refractivity contribution is -0.151. The third kappa shape index (κ3) is 7.78. The Labute approximate surface area is 241 Å². The number of rotatable bonds is 14. The number of hydrogen-bond acceptors (Lipinski definition) is 13. The molecule has 17 heteroatoms. The molecule has 2 amide bonds. The van der Waals surface area contributed by atoms with Crippen LogP contribution in [0.5, 0.6) is 5.75 Å². The van der Waals surface area contributed by atoms with Crippen LogP contribution in [0.1, 0.15) is 31.5 Å². The number of allylic oxidation sites excluding steroid dienone is 1. The number of anilines is 1. The van der Waals surface area contributed by atoms with E-state index < -0.39 is 33.7 Å². The fraction of sp³-hybridized carbons (Fsp3) is 0.375. The summed E-state index contributed by atoms with van der Waals surface area (Å²) in [6, 6.07) is 5.89. The molecule has 1 aliphatic rings. The minimum absolute atomic E-state index is 0.0513. The second-order valence-electron chi connectivity index (χ2n) is 9.16. The number of hydrogen-bond donors (Lipinski definition) is 5. The Morgan fingerprint density at radius 2 is 2.00 bits per heavy atom. The molecule has 1 saturated heterocycles. The molecule has 2 heterocycles. The van der Waals surface area contributed by atoms with E-state index in [1.54, 1.807) is 18.3 Å². The second-order valence-corrected chi connectivity index (χ2v) is 11.3. The molecule has 41 heavy (non-hydrogen) atoms. The van der Waals surface area contributed by atoms with Crippen LogP contribution in [0.4, 0.5) is 5.13 Å². The number of carbonyl (C=O) groups excluding carboxylic acids is 2. The zero-order valence-electron chi connectivity index (χ0n) is 22.4. The van der Waals surface area contributed by atoms with Crippen molar-refractivity contribution in [2.45, 2.75) is 31.8 Å². The second kappa shape index (κ2) is 13.5. The Hall–Kier alpha value is -4.06. The molecule has 0 aliphatic carbocycles. The van der Waals surface area contributed by atoms with Crippen LogP contribution in [0, 0.1) is 0 Å². The van der Waals surface area contributed by atoms with E-state index >= 15 is 0 Å². The lowest BCUT2D eigenvalue weighted by Gasteiger charge is -2.50. The number of ether oxygens (including phenoxy) is 1. The third-order valence-corrected chi connectivity index (χ3v) is 7.64. The molecule has 2 aromatic rings. The molecule has 0 radical (unpaired) electrons. The van der Waals surface area contributed by atoms with Gasteiger partial charge < -0.3 is 32.1 Å². The van der Waals surface area contributed by atoms with Gasteiger partial charge in [-0.1, -0.05) is 17.3 Å². The number of amides is 2. The van der Waals surface area contributed by atoms with Crippen LogP contribution >= 0.6 is 11.3 Å². The quantitative estimate of drug-likeness (QED) is 0.0636. The number of benzene rings is 1. The number of nitrogen functional groups attached to an aromatic ring is 1. The Morgan fingerprint density at radius 1 is 1.29 bits per heavy atom. The molecule has 8 N–H and O–H groups in total. The summed E-state index contributed by atoms with van der Waals surface area (Å²) >= 11 is 1.06. The van der Waals surface area contributed by atoms with Crippen LogP contribution in [0.25, 0.3) is 5.57 Å². The van der Waals surface area contributed by atoms with E-state index in [9.17, 15) is 22.6 Å². The Morgan fingerprint density at radius 3 is 2.56 bits per heavy atom. The zero-order chi connectivity index (χ0) is 30.2. The average Bonchev–Trinajstić information content (AvgIpc) is 3.34. The maximum absolute atomic E-state index is 13.0. The topological polar surface area (TPSA) is 238 Å². The van der Waals surface area contributed by atoms with Gasteiger partial charge in [-0.15, -0.1) is 11.3 Å². The molecule has 222 valence electrons. The van der Waals surface area contributed by atoms with Crippen LogP contribution < -0.4 is 27.3 Å². The highest BCUT2D eigenvalue weighted by Gasteiger charge is 2.60. The highest BCUT2D eigenvalue weighted by Crippen LogP contribution is 2.34. The zero-order valence-corrected chi connectivity index (χ0v) is 24.0. The van der Waals surface area contributed by atoms with Gasteiger partial charge in [0.25, 0.3) is 11.8 Å². The molecular weight excluding hydrogens is 576 g/mol. The van der Waals surface area contributed by atoms with Gasteiger partial charge in [-0.3, -0.25) is 19.1 Å². The summed E-state index contributed by atoms with van der Waals surface area (Å²) in [6.45, 7) is 3.94. The summed E-state index contributed by atoms with van der Waals surface area (Å²) in [5, 5.41) is 7.92. The van der Waals surface area contributed by atoms with E-state index in [1.807, 2.05) is 12.1 Å². The SMILES string of the molecule is CC1(C)[C@H](NC(=O)/C(=N\OCCOc2ccc(C(C=NCCCN)=CN)cc2)c2csc(N)n2)C(=O)N1S(=O)(=O)O. The summed E-state index contributed by atoms with van der Waals surface area (Å²) in [6.07, 6.45) is 3.93. The molecule has 1 aliphatic heterocycles. The van der Waals surface area contributed by atoms with Gasteiger partial charge in [0.1, 0.15) is 24.1 Å². The van der Waals surface area contributed by atoms with Crippen LogP contribution in [0.15, 0.2) is 46.0 Å². The monoisotopic (exact) mass is 608 g/mol. The van der Waals surface area contributed by atoms with Crippen molar-refractivity contribution < 1.29 is 32.1 Å². The molecule has 0 saturated carbocycles. The maximum atomic E-state index is 13.0. The number of nitrogens with one attached hydrogen (secondary N) is 1. The van der Waals surface area contributed by atoms with Gasteiger partial charge >= 0.3 is 10.3 Å². The fourth-order valence-electron chi connectivity index (χ4n) is 3.81. The number of aromatic nitrogens is 1. The van der Waals surface area contributed by atoms with E-state index in [0.29, 0.717) is 18.8 Å². The fourth-order valence-corrected chi connectivity index (χ4v) is 5.39. The van der Waals surface area contributed by atoms with Crippen molar-refractivity contribution in [3.63, 3.8) is 0 Å². The lowest BCUT2D eigenvalue weighted by atomic mass is 9.85. The van der Waals surface area contributed by atoms with E-state index in [2.05, 4.69) is 20.4 Å². The predicted molar refractivity (Wildman–Crippen MR) is 155 cm³/mol. The highest BCUT2D eigenvalue weighted by molar-refractivity contribution is 7.84. The van der Waals surface area contributed by atoms with Gasteiger partial charge in [0.15, 0.2) is 17.5 Å². The van der Waals surface area contributed by atoms with Crippen molar-refractivity contribution in [1.82, 2.24) is 14.6 Å². The first kappa shape index (κ1) is 31.5. The standard InChI is InChI=1S/C24H32N8O7S2/c1-24(2)20(22(34)32(24)41(35,36)37)30-21(33)19(18-14-40-23(27)29-18)31-39-11-10-38-17-6-4-15(5-7-17)16(12-26)13-28-9-3-8-25/h4-7,12-14,20H,3,8-11,25-26H2,1-2H3,(H2,27,29)(H,30,33)(H,35,36,37)/b16-12?,28-13?,31-19-/t20-/m1/s1. The number of nitrogens with zero attached hydrogens (tertiary/aromatic N) is 4. The van der Waals surface area contributed by atoms with Crippen molar-refractivity contribution in [3.8, 4) is 5.75 Å². The van der Waals surface area contributed by atoms with Gasteiger partial charge in [0.2, 0.25) is 0 Å². The molecule has 0 spiro atoms. The van der Waals surface area contributed by atoms with Gasteiger partial charge in [0, 0.05) is 29.9 Å². The van der Waals surface area contributed by atoms with E-state index in [0.717, 1.165) is 28.9 Å². The lowest BCUT2D eigenvalue weighted by Crippen LogP contribution is -2.77. The van der Waals surface area contributed by atoms with E-state index in [4.69, 9.17) is 26.8 Å². The summed E-state index contributed by atoms with van der Waals surface area (Å²) in [5.41, 5.74) is 16.8. The van der Waals surface area contributed by atoms with E-state index in [1.165, 1.54) is 25.4 Å². The van der Waals surface area contributed by atoms with Crippen LogP contribution in [-0.4, -0.2) is 83.9 Å². The van der Waals surface area contributed by atoms with Gasteiger partial charge in [-0.25, -0.2) is 9.29 Å². The number of nitrogens with two attached hydrogens (primary N) is 3. The van der Waals surface area contributed by atoms with E-state index in [-0.39, 0.29) is 34.1 Å². The Balaban J connectivity index is 1.59. The first-order chi connectivity index (χ1) is 19.4. The first-order valence-electron chi connectivity index (χ1n) is 12.3. The average molecular weight is 609 g/mol. The van der Waals surface area contributed by atoms with Crippen molar-refractivity contribution in [3.05, 3.63) is 47.1 Å². The minimum atomic E-state index is -4.80. The third-order valence-electron chi connectivity index (χ3n) is 5.85. The van der Waals surface area contributed by atoms with Crippen LogP contribution in [-0.2, 0) is 24.7 Å². The normalized spacial score (nSPS) is 17.4. The van der Waals surface area contributed by atoms with Gasteiger partial charge in [0.05, 0.1) is 5.54 Å². The first-order valence-corrected chi connectivity index (χ1v) is 14.6. The summed E-state index contributed by atoms with van der Waals surface area (Å²) < 4.78 is 38.3. The molecule has 1 aromatic heterocycles. The Kier molecular flexibility index (Phi) is 10.4. The summed E-state index contributed by atoms with van der Waals surface area (Å²) in [7, 11) is -4.80. The molecule has 1 aromatic carbocycles. The molecule has 0 unspecified atom stereocenters. The van der Waals surface area contributed by atoms with Crippen molar-refractivity contribution in [2.24, 2.45) is 21.6 Å². The molecule has 1 fully saturated rings. The molecule has 0 bridgehead atoms. The molecule has 3 rings (SSSR count). The molecule has 1 atom stereocenters. The minimum Gasteiger partial charge on any atom is -0.490 e.